The van der Waals surface area contributed by atoms with Crippen LogP contribution >= 0.6 is 22.7 Å². The summed E-state index contributed by atoms with van der Waals surface area (Å²) in [4.78, 5) is 18.6. The molecule has 2 aliphatic heterocycles. The summed E-state index contributed by atoms with van der Waals surface area (Å²) in [5.41, 5.74) is 1.20. The second kappa shape index (κ2) is 8.41. The molecule has 1 N–H and O–H groups in total. The van der Waals surface area contributed by atoms with Gasteiger partial charge in [0, 0.05) is 37.6 Å². The van der Waals surface area contributed by atoms with Crippen molar-refractivity contribution in [2.24, 2.45) is 0 Å². The SMILES string of the molecule is CN1CC(C(=O)NCc2cccs2)OC2(CCN(Cc3ccsc3)CC2)C1. The van der Waals surface area contributed by atoms with Gasteiger partial charge >= 0.3 is 0 Å². The van der Waals surface area contributed by atoms with E-state index in [2.05, 4.69) is 39.0 Å². The Morgan fingerprint density at radius 3 is 2.89 bits per heavy atom. The number of piperidine rings is 1. The van der Waals surface area contributed by atoms with Gasteiger partial charge in [0.25, 0.3) is 5.91 Å². The molecular formula is C20H27N3O2S2. The fourth-order valence-electron chi connectivity index (χ4n) is 4.09. The van der Waals surface area contributed by atoms with Gasteiger partial charge in [-0.15, -0.1) is 11.3 Å². The molecule has 0 aromatic carbocycles. The molecule has 2 aliphatic rings. The predicted octanol–water partition coefficient (Wildman–Crippen LogP) is 2.79. The third-order valence-corrected chi connectivity index (χ3v) is 7.10. The van der Waals surface area contributed by atoms with Crippen molar-refractivity contribution in [3.63, 3.8) is 0 Å². The number of rotatable bonds is 5. The Hall–Kier alpha value is -1.25. The standard InChI is InChI=1S/C20H27N3O2S2/c1-22-13-18(19(24)21-11-17-3-2-9-27-17)25-20(15-22)5-7-23(8-6-20)12-16-4-10-26-14-16/h2-4,9-10,14,18H,5-8,11-13,15H2,1H3,(H,21,24). The van der Waals surface area contributed by atoms with E-state index < -0.39 is 0 Å². The highest BCUT2D eigenvalue weighted by Crippen LogP contribution is 2.32. The predicted molar refractivity (Wildman–Crippen MR) is 110 cm³/mol. The van der Waals surface area contributed by atoms with E-state index in [4.69, 9.17) is 4.74 Å². The summed E-state index contributed by atoms with van der Waals surface area (Å²) in [6.07, 6.45) is 1.58. The fraction of sp³-hybridized carbons (Fsp3) is 0.550. The Kier molecular flexibility index (Phi) is 5.94. The van der Waals surface area contributed by atoms with Gasteiger partial charge in [-0.1, -0.05) is 6.07 Å². The second-order valence-electron chi connectivity index (χ2n) is 7.69. The van der Waals surface area contributed by atoms with E-state index >= 15 is 0 Å². The number of likely N-dealkylation sites (N-methyl/N-ethyl adjacent to an activating group) is 1. The summed E-state index contributed by atoms with van der Waals surface area (Å²) in [7, 11) is 2.10. The van der Waals surface area contributed by atoms with Crippen LogP contribution < -0.4 is 5.32 Å². The number of carbonyl (C=O) groups is 1. The molecule has 1 atom stereocenters. The monoisotopic (exact) mass is 405 g/mol. The first kappa shape index (κ1) is 19.1. The largest absolute Gasteiger partial charge is 0.359 e. The van der Waals surface area contributed by atoms with E-state index in [0.29, 0.717) is 13.1 Å². The Bertz CT molecular complexity index is 725. The van der Waals surface area contributed by atoms with Crippen LogP contribution in [0.4, 0.5) is 0 Å². The van der Waals surface area contributed by atoms with E-state index in [-0.39, 0.29) is 17.6 Å². The topological polar surface area (TPSA) is 44.8 Å². The number of nitrogens with zero attached hydrogens (tertiary/aromatic N) is 2. The summed E-state index contributed by atoms with van der Waals surface area (Å²) in [5, 5.41) is 9.44. The van der Waals surface area contributed by atoms with Crippen molar-refractivity contribution in [1.29, 1.82) is 0 Å². The van der Waals surface area contributed by atoms with E-state index in [1.165, 1.54) is 10.4 Å². The van der Waals surface area contributed by atoms with Crippen molar-refractivity contribution >= 4 is 28.6 Å². The molecule has 0 radical (unpaired) electrons. The summed E-state index contributed by atoms with van der Waals surface area (Å²) in [6.45, 7) is 5.22. The minimum absolute atomic E-state index is 0.00928. The fourth-order valence-corrected chi connectivity index (χ4v) is 5.39. The minimum Gasteiger partial charge on any atom is -0.359 e. The maximum Gasteiger partial charge on any atom is 0.250 e. The Balaban J connectivity index is 1.32. The average molecular weight is 406 g/mol. The van der Waals surface area contributed by atoms with E-state index in [1.807, 2.05) is 17.5 Å². The second-order valence-corrected chi connectivity index (χ2v) is 9.50. The van der Waals surface area contributed by atoms with Gasteiger partial charge in [-0.3, -0.25) is 9.69 Å². The molecule has 4 rings (SSSR count). The first-order valence-electron chi connectivity index (χ1n) is 9.52. The molecule has 0 saturated carbocycles. The molecule has 146 valence electrons. The van der Waals surface area contributed by atoms with Crippen LogP contribution in [0.1, 0.15) is 23.3 Å². The Morgan fingerprint density at radius 2 is 2.19 bits per heavy atom. The lowest BCUT2D eigenvalue weighted by molar-refractivity contribution is -0.182. The quantitative estimate of drug-likeness (QED) is 0.831. The highest BCUT2D eigenvalue weighted by Gasteiger charge is 2.43. The zero-order chi connectivity index (χ0) is 18.7. The number of morpholine rings is 1. The van der Waals surface area contributed by atoms with Crippen LogP contribution in [0.25, 0.3) is 0 Å². The van der Waals surface area contributed by atoms with Crippen LogP contribution in [-0.4, -0.2) is 60.6 Å². The molecule has 0 aliphatic carbocycles. The van der Waals surface area contributed by atoms with Crippen molar-refractivity contribution in [3.8, 4) is 0 Å². The Morgan fingerprint density at radius 1 is 1.33 bits per heavy atom. The van der Waals surface area contributed by atoms with Gasteiger partial charge in [-0.05, 0) is 53.7 Å². The van der Waals surface area contributed by atoms with Crippen molar-refractivity contribution < 1.29 is 9.53 Å². The summed E-state index contributed by atoms with van der Waals surface area (Å²) in [5.74, 6) is 0.00928. The summed E-state index contributed by atoms with van der Waals surface area (Å²) in [6, 6.07) is 6.26. The number of hydrogen-bond donors (Lipinski definition) is 1. The van der Waals surface area contributed by atoms with Gasteiger partial charge in [-0.25, -0.2) is 0 Å². The van der Waals surface area contributed by atoms with Crippen LogP contribution in [0.5, 0.6) is 0 Å². The summed E-state index contributed by atoms with van der Waals surface area (Å²) >= 11 is 3.42. The lowest BCUT2D eigenvalue weighted by Gasteiger charge is -2.48. The molecule has 7 heteroatoms. The third-order valence-electron chi connectivity index (χ3n) is 5.49. The minimum atomic E-state index is -0.382. The zero-order valence-corrected chi connectivity index (χ0v) is 17.4. The zero-order valence-electron chi connectivity index (χ0n) is 15.7. The lowest BCUT2D eigenvalue weighted by Crippen LogP contribution is -2.61. The average Bonchev–Trinajstić information content (AvgIpc) is 3.35. The molecule has 1 unspecified atom stereocenters. The molecule has 5 nitrogen and oxygen atoms in total. The number of hydrogen-bond acceptors (Lipinski definition) is 6. The molecule has 0 bridgehead atoms. The van der Waals surface area contributed by atoms with Crippen molar-refractivity contribution in [1.82, 2.24) is 15.1 Å². The highest BCUT2D eigenvalue weighted by molar-refractivity contribution is 7.09. The van der Waals surface area contributed by atoms with Gasteiger partial charge in [0.2, 0.25) is 0 Å². The van der Waals surface area contributed by atoms with Crippen molar-refractivity contribution in [2.75, 3.05) is 33.2 Å². The number of ether oxygens (including phenoxy) is 1. The van der Waals surface area contributed by atoms with Crippen LogP contribution in [0.3, 0.4) is 0 Å². The van der Waals surface area contributed by atoms with Gasteiger partial charge in [0.15, 0.2) is 0 Å². The molecular weight excluding hydrogens is 378 g/mol. The van der Waals surface area contributed by atoms with Crippen LogP contribution in [0.2, 0.25) is 0 Å². The molecule has 2 saturated heterocycles. The van der Waals surface area contributed by atoms with Gasteiger partial charge in [0.05, 0.1) is 12.1 Å². The first-order valence-corrected chi connectivity index (χ1v) is 11.3. The number of amides is 1. The van der Waals surface area contributed by atoms with E-state index in [0.717, 1.165) is 39.0 Å². The lowest BCUT2D eigenvalue weighted by atomic mass is 9.88. The van der Waals surface area contributed by atoms with Crippen molar-refractivity contribution in [2.45, 2.75) is 37.6 Å². The molecule has 1 spiro atoms. The maximum absolute atomic E-state index is 12.7. The van der Waals surface area contributed by atoms with Gasteiger partial charge in [-0.2, -0.15) is 11.3 Å². The van der Waals surface area contributed by atoms with Gasteiger partial charge < -0.3 is 15.0 Å². The van der Waals surface area contributed by atoms with Crippen LogP contribution in [-0.2, 0) is 22.6 Å². The Labute approximate surface area is 168 Å². The van der Waals surface area contributed by atoms with Gasteiger partial charge in [0.1, 0.15) is 6.10 Å². The first-order chi connectivity index (χ1) is 13.1. The molecule has 2 aromatic heterocycles. The normalized spacial score (nSPS) is 23.5. The third kappa shape index (κ3) is 4.78. The number of thiophene rings is 2. The highest BCUT2D eigenvalue weighted by atomic mass is 32.1. The summed E-state index contributed by atoms with van der Waals surface area (Å²) < 4.78 is 6.43. The van der Waals surface area contributed by atoms with Crippen molar-refractivity contribution in [3.05, 3.63) is 44.8 Å². The molecule has 27 heavy (non-hydrogen) atoms. The van der Waals surface area contributed by atoms with Crippen LogP contribution in [0, 0.1) is 0 Å². The molecule has 2 aromatic rings. The number of likely N-dealkylation sites (tertiary alicyclic amines) is 1. The number of nitrogens with one attached hydrogen (secondary N) is 1. The van der Waals surface area contributed by atoms with Crippen LogP contribution in [0.15, 0.2) is 34.3 Å². The molecule has 2 fully saturated rings. The van der Waals surface area contributed by atoms with E-state index in [9.17, 15) is 4.79 Å². The molecule has 4 heterocycles. The maximum atomic E-state index is 12.7. The molecule has 1 amide bonds. The van der Waals surface area contributed by atoms with E-state index in [1.54, 1.807) is 22.7 Å². The number of carbonyl (C=O) groups excluding carboxylic acids is 1. The smallest absolute Gasteiger partial charge is 0.250 e.